The van der Waals surface area contributed by atoms with Crippen LogP contribution in [0.1, 0.15) is 18.2 Å². The van der Waals surface area contributed by atoms with Gasteiger partial charge < -0.3 is 5.11 Å². The fraction of sp³-hybridized carbons (Fsp3) is 0.273. The lowest BCUT2D eigenvalue weighted by molar-refractivity contribution is 0.0921. The number of aryl methyl sites for hydroxylation is 1. The number of aromatic nitrogens is 3. The molecule has 1 N–H and O–H groups in total. The fourth-order valence-electron chi connectivity index (χ4n) is 1.76. The van der Waals surface area contributed by atoms with E-state index >= 15 is 0 Å². The highest BCUT2D eigenvalue weighted by molar-refractivity contribution is 14.1. The molecule has 0 aliphatic carbocycles. The average Bonchev–Trinajstić information content (AvgIpc) is 2.59. The maximum absolute atomic E-state index is 10.7. The number of halogens is 2. The smallest absolute Gasteiger partial charge is 0.154 e. The van der Waals surface area contributed by atoms with Gasteiger partial charge in [0.2, 0.25) is 0 Å². The summed E-state index contributed by atoms with van der Waals surface area (Å²) in [5, 5.41) is 18.4. The van der Waals surface area contributed by atoms with Crippen LogP contribution in [0.5, 0.6) is 0 Å². The first kappa shape index (κ1) is 13.0. The maximum Gasteiger partial charge on any atom is 0.154 e. The second kappa shape index (κ2) is 4.66. The van der Waals surface area contributed by atoms with Crippen LogP contribution >= 0.6 is 38.5 Å². The molecule has 0 aliphatic heterocycles. The van der Waals surface area contributed by atoms with Crippen LogP contribution < -0.4 is 0 Å². The highest BCUT2D eigenvalue weighted by Gasteiger charge is 2.32. The van der Waals surface area contributed by atoms with Gasteiger partial charge >= 0.3 is 0 Å². The van der Waals surface area contributed by atoms with Crippen LogP contribution in [-0.2, 0) is 12.6 Å². The van der Waals surface area contributed by atoms with E-state index in [1.165, 1.54) is 0 Å². The van der Waals surface area contributed by atoms with Gasteiger partial charge in [0.25, 0.3) is 0 Å². The van der Waals surface area contributed by atoms with Crippen LogP contribution in [0.15, 0.2) is 28.9 Å². The van der Waals surface area contributed by atoms with Gasteiger partial charge in [-0.3, -0.25) is 0 Å². The van der Waals surface area contributed by atoms with E-state index in [9.17, 15) is 5.11 Å². The summed E-state index contributed by atoms with van der Waals surface area (Å²) in [6.45, 7) is 1.73. The predicted octanol–water partition coefficient (Wildman–Crippen LogP) is 2.44. The summed E-state index contributed by atoms with van der Waals surface area (Å²) in [5.41, 5.74) is 0.323. The molecule has 1 heterocycles. The topological polar surface area (TPSA) is 50.9 Å². The van der Waals surface area contributed by atoms with Gasteiger partial charge in [-0.15, -0.1) is 5.10 Å². The SMILES string of the molecule is Cn1nnc(Br)c1C(C)(O)c1ccc(I)cc1. The Labute approximate surface area is 121 Å². The van der Waals surface area contributed by atoms with Gasteiger partial charge in [0.15, 0.2) is 4.60 Å². The van der Waals surface area contributed by atoms with Crippen molar-refractivity contribution in [1.82, 2.24) is 15.0 Å². The number of hydrogen-bond acceptors (Lipinski definition) is 3. The lowest BCUT2D eigenvalue weighted by Crippen LogP contribution is -2.26. The largest absolute Gasteiger partial charge is 0.379 e. The van der Waals surface area contributed by atoms with Gasteiger partial charge in [-0.2, -0.15) is 0 Å². The molecule has 0 fully saturated rings. The van der Waals surface area contributed by atoms with Crippen LogP contribution in [0.25, 0.3) is 0 Å². The lowest BCUT2D eigenvalue weighted by atomic mass is 9.93. The molecule has 1 aromatic heterocycles. The Kier molecular flexibility index (Phi) is 3.55. The van der Waals surface area contributed by atoms with Crippen molar-refractivity contribution in [3.05, 3.63) is 43.7 Å². The first-order chi connectivity index (χ1) is 7.93. The number of hydrogen-bond donors (Lipinski definition) is 1. The molecule has 2 rings (SSSR count). The molecule has 17 heavy (non-hydrogen) atoms. The quantitative estimate of drug-likeness (QED) is 0.778. The Balaban J connectivity index is 2.53. The fourth-order valence-corrected chi connectivity index (χ4v) is 2.83. The van der Waals surface area contributed by atoms with E-state index in [2.05, 4.69) is 48.8 Å². The summed E-state index contributed by atoms with van der Waals surface area (Å²) in [6.07, 6.45) is 0. The summed E-state index contributed by atoms with van der Waals surface area (Å²) in [6, 6.07) is 7.73. The number of aliphatic hydroxyl groups is 1. The lowest BCUT2D eigenvalue weighted by Gasteiger charge is -2.24. The Morgan fingerprint density at radius 2 is 1.94 bits per heavy atom. The molecule has 1 unspecified atom stereocenters. The van der Waals surface area contributed by atoms with Crippen LogP contribution in [0, 0.1) is 3.57 Å². The molecule has 2 aromatic rings. The van der Waals surface area contributed by atoms with Crippen molar-refractivity contribution in [2.75, 3.05) is 0 Å². The van der Waals surface area contributed by atoms with Crippen molar-refractivity contribution >= 4 is 38.5 Å². The standard InChI is InChI=1S/C11H11BrIN3O/c1-11(17,7-3-5-8(13)6-4-7)9-10(12)14-15-16(9)2/h3-6,17H,1-2H3. The number of benzene rings is 1. The van der Waals surface area contributed by atoms with Crippen molar-refractivity contribution in [3.8, 4) is 0 Å². The Hall–Kier alpha value is -0.470. The van der Waals surface area contributed by atoms with Crippen LogP contribution in [0.4, 0.5) is 0 Å². The molecular formula is C11H11BrIN3O. The van der Waals surface area contributed by atoms with E-state index in [1.807, 2.05) is 24.3 Å². The van der Waals surface area contributed by atoms with Crippen molar-refractivity contribution in [2.45, 2.75) is 12.5 Å². The Morgan fingerprint density at radius 1 is 1.35 bits per heavy atom. The molecule has 0 amide bonds. The van der Waals surface area contributed by atoms with Crippen LogP contribution in [0.3, 0.4) is 0 Å². The predicted molar refractivity (Wildman–Crippen MR) is 76.5 cm³/mol. The van der Waals surface area contributed by atoms with Gasteiger partial charge in [-0.1, -0.05) is 17.3 Å². The molecule has 1 aromatic carbocycles. The number of rotatable bonds is 2. The van der Waals surface area contributed by atoms with Crippen LogP contribution in [0.2, 0.25) is 0 Å². The number of nitrogens with zero attached hydrogens (tertiary/aromatic N) is 3. The summed E-state index contributed by atoms with van der Waals surface area (Å²) in [7, 11) is 1.76. The van der Waals surface area contributed by atoms with Gasteiger partial charge in [-0.05, 0) is 63.1 Å². The second-order valence-electron chi connectivity index (χ2n) is 3.93. The first-order valence-electron chi connectivity index (χ1n) is 4.97. The van der Waals surface area contributed by atoms with E-state index in [-0.39, 0.29) is 0 Å². The van der Waals surface area contributed by atoms with Crippen molar-refractivity contribution in [1.29, 1.82) is 0 Å². The zero-order valence-corrected chi connectivity index (χ0v) is 13.1. The molecule has 0 radical (unpaired) electrons. The molecule has 0 saturated carbocycles. The van der Waals surface area contributed by atoms with E-state index in [4.69, 9.17) is 0 Å². The third-order valence-electron chi connectivity index (χ3n) is 2.65. The van der Waals surface area contributed by atoms with E-state index in [1.54, 1.807) is 18.7 Å². The molecule has 0 saturated heterocycles. The van der Waals surface area contributed by atoms with E-state index in [0.717, 1.165) is 9.13 Å². The van der Waals surface area contributed by atoms with Crippen LogP contribution in [-0.4, -0.2) is 20.1 Å². The minimum Gasteiger partial charge on any atom is -0.379 e. The summed E-state index contributed by atoms with van der Waals surface area (Å²) >= 11 is 5.54. The van der Waals surface area contributed by atoms with Gasteiger partial charge in [0, 0.05) is 10.6 Å². The summed E-state index contributed by atoms with van der Waals surface area (Å²) in [4.78, 5) is 0. The van der Waals surface area contributed by atoms with E-state index in [0.29, 0.717) is 10.3 Å². The van der Waals surface area contributed by atoms with Crippen molar-refractivity contribution in [2.24, 2.45) is 7.05 Å². The highest BCUT2D eigenvalue weighted by Crippen LogP contribution is 2.32. The third kappa shape index (κ3) is 2.38. The van der Waals surface area contributed by atoms with E-state index < -0.39 is 5.60 Å². The van der Waals surface area contributed by atoms with Gasteiger partial charge in [0.1, 0.15) is 11.3 Å². The minimum atomic E-state index is -1.12. The summed E-state index contributed by atoms with van der Waals surface area (Å²) < 4.78 is 3.26. The van der Waals surface area contributed by atoms with Crippen molar-refractivity contribution in [3.63, 3.8) is 0 Å². The molecule has 90 valence electrons. The van der Waals surface area contributed by atoms with Crippen molar-refractivity contribution < 1.29 is 5.11 Å². The maximum atomic E-state index is 10.7. The highest BCUT2D eigenvalue weighted by atomic mass is 127. The third-order valence-corrected chi connectivity index (χ3v) is 3.91. The van der Waals surface area contributed by atoms with Gasteiger partial charge in [-0.25, -0.2) is 4.68 Å². The van der Waals surface area contributed by atoms with Gasteiger partial charge in [0.05, 0.1) is 0 Å². The molecule has 4 nitrogen and oxygen atoms in total. The molecule has 1 atom stereocenters. The second-order valence-corrected chi connectivity index (χ2v) is 5.93. The Bertz CT molecular complexity index is 517. The monoisotopic (exact) mass is 407 g/mol. The molecule has 6 heteroatoms. The molecule has 0 bridgehead atoms. The zero-order chi connectivity index (χ0) is 12.6. The zero-order valence-electron chi connectivity index (χ0n) is 9.35. The minimum absolute atomic E-state index is 0.559. The molecule has 0 aliphatic rings. The first-order valence-corrected chi connectivity index (χ1v) is 6.84. The normalized spacial score (nSPS) is 14.6. The molecule has 0 spiro atoms. The summed E-state index contributed by atoms with van der Waals surface area (Å²) in [5.74, 6) is 0. The average molecular weight is 408 g/mol. The Morgan fingerprint density at radius 3 is 2.41 bits per heavy atom. The molecular weight excluding hydrogens is 397 g/mol.